The summed E-state index contributed by atoms with van der Waals surface area (Å²) in [5.41, 5.74) is 0. The quantitative estimate of drug-likeness (QED) is 0.664. The van der Waals surface area contributed by atoms with E-state index in [2.05, 4.69) is 0 Å². The number of carbonyl (C=O) groups excluding carboxylic acids is 1. The van der Waals surface area contributed by atoms with Crippen LogP contribution >= 0.6 is 0 Å². The Kier molecular flexibility index (Phi) is 4.35. The molecule has 0 saturated carbocycles. The summed E-state index contributed by atoms with van der Waals surface area (Å²) < 4.78 is 30.3. The van der Waals surface area contributed by atoms with E-state index >= 15 is 0 Å². The highest BCUT2D eigenvalue weighted by atomic mass is 32.2. The van der Waals surface area contributed by atoms with E-state index in [9.17, 15) is 13.2 Å². The maximum atomic E-state index is 11.0. The molecule has 13 heavy (non-hydrogen) atoms. The van der Waals surface area contributed by atoms with Crippen molar-refractivity contribution in [2.45, 2.75) is 27.2 Å². The third-order valence-corrected chi connectivity index (χ3v) is 1.96. The Morgan fingerprint density at radius 2 is 1.85 bits per heavy atom. The Hall–Kier alpha value is -0.620. The summed E-state index contributed by atoms with van der Waals surface area (Å²) in [5, 5.41) is 0. The minimum Gasteiger partial charge on any atom is -0.274 e. The van der Waals surface area contributed by atoms with Crippen LogP contribution < -0.4 is 4.72 Å². The van der Waals surface area contributed by atoms with Gasteiger partial charge in [0.2, 0.25) is 5.91 Å². The van der Waals surface area contributed by atoms with Crippen molar-refractivity contribution in [2.24, 2.45) is 11.8 Å². The van der Waals surface area contributed by atoms with Crippen molar-refractivity contribution in [1.82, 2.24) is 4.72 Å². The summed E-state index contributed by atoms with van der Waals surface area (Å²) in [6.07, 6.45) is 0.585. The molecule has 0 spiro atoms. The zero-order valence-electron chi connectivity index (χ0n) is 7.94. The molecule has 2 N–H and O–H groups in total. The van der Waals surface area contributed by atoms with Crippen LogP contribution in [-0.4, -0.2) is 18.9 Å². The van der Waals surface area contributed by atoms with Crippen LogP contribution in [-0.2, 0) is 15.1 Å². The van der Waals surface area contributed by atoms with Gasteiger partial charge in [0.1, 0.15) is 0 Å². The van der Waals surface area contributed by atoms with E-state index in [4.69, 9.17) is 4.55 Å². The van der Waals surface area contributed by atoms with E-state index < -0.39 is 22.1 Å². The second kappa shape index (κ2) is 4.57. The van der Waals surface area contributed by atoms with E-state index in [0.29, 0.717) is 12.3 Å². The van der Waals surface area contributed by atoms with Gasteiger partial charge in [-0.15, -0.1) is 0 Å². The summed E-state index contributed by atoms with van der Waals surface area (Å²) in [4.78, 5) is 11.0. The zero-order valence-corrected chi connectivity index (χ0v) is 8.76. The van der Waals surface area contributed by atoms with Crippen molar-refractivity contribution in [3.8, 4) is 0 Å². The molecular formula is C7H15NO4S. The molecule has 0 rings (SSSR count). The van der Waals surface area contributed by atoms with Crippen LogP contribution in [0.1, 0.15) is 27.2 Å². The third kappa shape index (κ3) is 6.53. The number of hydrogen-bond acceptors (Lipinski definition) is 3. The van der Waals surface area contributed by atoms with E-state index in [1.807, 2.05) is 13.8 Å². The molecule has 1 atom stereocenters. The first-order valence-corrected chi connectivity index (χ1v) is 5.45. The molecule has 0 radical (unpaired) electrons. The Balaban J connectivity index is 4.13. The van der Waals surface area contributed by atoms with Crippen molar-refractivity contribution in [3.63, 3.8) is 0 Å². The molecule has 1 amide bonds. The van der Waals surface area contributed by atoms with Crippen LogP contribution in [0.25, 0.3) is 0 Å². The summed E-state index contributed by atoms with van der Waals surface area (Å²) in [6, 6.07) is 0. The zero-order chi connectivity index (χ0) is 10.6. The predicted molar refractivity (Wildman–Crippen MR) is 48.3 cm³/mol. The van der Waals surface area contributed by atoms with E-state index in [-0.39, 0.29) is 0 Å². The van der Waals surface area contributed by atoms with Crippen LogP contribution in [0.2, 0.25) is 0 Å². The monoisotopic (exact) mass is 209 g/mol. The molecule has 0 aliphatic carbocycles. The third-order valence-electron chi connectivity index (χ3n) is 1.50. The summed E-state index contributed by atoms with van der Waals surface area (Å²) in [5.74, 6) is -0.778. The molecule has 0 aliphatic heterocycles. The lowest BCUT2D eigenvalue weighted by molar-refractivity contribution is -0.123. The van der Waals surface area contributed by atoms with Gasteiger partial charge in [0.05, 0.1) is 0 Å². The van der Waals surface area contributed by atoms with Gasteiger partial charge in [-0.05, 0) is 12.3 Å². The first kappa shape index (κ1) is 12.4. The highest BCUT2D eigenvalue weighted by molar-refractivity contribution is 7.84. The SMILES string of the molecule is CC(C)CC(C)C(=O)NS(=O)(=O)O. The van der Waals surface area contributed by atoms with Gasteiger partial charge < -0.3 is 0 Å². The van der Waals surface area contributed by atoms with Crippen LogP contribution in [0.5, 0.6) is 0 Å². The topological polar surface area (TPSA) is 83.5 Å². The van der Waals surface area contributed by atoms with Crippen molar-refractivity contribution in [1.29, 1.82) is 0 Å². The molecule has 0 saturated heterocycles. The van der Waals surface area contributed by atoms with Crippen molar-refractivity contribution in [3.05, 3.63) is 0 Å². The van der Waals surface area contributed by atoms with Gasteiger partial charge in [0.25, 0.3) is 0 Å². The summed E-state index contributed by atoms with van der Waals surface area (Å²) in [6.45, 7) is 5.47. The number of amides is 1. The smallest absolute Gasteiger partial charge is 0.274 e. The molecule has 0 heterocycles. The lowest BCUT2D eigenvalue weighted by atomic mass is 9.99. The number of carbonyl (C=O) groups is 1. The van der Waals surface area contributed by atoms with Crippen LogP contribution in [0, 0.1) is 11.8 Å². The second-order valence-corrected chi connectivity index (χ2v) is 4.63. The molecular weight excluding hydrogens is 194 g/mol. The molecule has 0 fully saturated rings. The Labute approximate surface area is 78.4 Å². The minimum absolute atomic E-state index is 0.308. The fourth-order valence-corrected chi connectivity index (χ4v) is 1.50. The van der Waals surface area contributed by atoms with E-state index in [0.717, 1.165) is 0 Å². The maximum Gasteiger partial charge on any atom is 0.359 e. The molecule has 6 heteroatoms. The average Bonchev–Trinajstić information content (AvgIpc) is 1.81. The maximum absolute atomic E-state index is 11.0. The molecule has 0 aromatic carbocycles. The van der Waals surface area contributed by atoms with E-state index in [1.165, 1.54) is 4.72 Å². The first-order valence-electron chi connectivity index (χ1n) is 4.01. The second-order valence-electron chi connectivity index (χ2n) is 3.47. The summed E-state index contributed by atoms with van der Waals surface area (Å²) in [7, 11) is -4.40. The fraction of sp³-hybridized carbons (Fsp3) is 0.857. The van der Waals surface area contributed by atoms with Gasteiger partial charge in [-0.2, -0.15) is 8.42 Å². The molecule has 5 nitrogen and oxygen atoms in total. The number of rotatable bonds is 4. The van der Waals surface area contributed by atoms with Gasteiger partial charge >= 0.3 is 10.3 Å². The molecule has 0 bridgehead atoms. The fourth-order valence-electron chi connectivity index (χ4n) is 1.04. The highest BCUT2D eigenvalue weighted by Crippen LogP contribution is 2.10. The normalized spacial score (nSPS) is 14.2. The van der Waals surface area contributed by atoms with Crippen LogP contribution in [0.3, 0.4) is 0 Å². The van der Waals surface area contributed by atoms with Crippen LogP contribution in [0.4, 0.5) is 0 Å². The number of hydrogen-bond donors (Lipinski definition) is 2. The van der Waals surface area contributed by atoms with Crippen molar-refractivity contribution >= 4 is 16.2 Å². The van der Waals surface area contributed by atoms with Crippen molar-refractivity contribution < 1.29 is 17.8 Å². The molecule has 0 aromatic rings. The van der Waals surface area contributed by atoms with Gasteiger partial charge in [0, 0.05) is 5.92 Å². The molecule has 1 unspecified atom stereocenters. The lowest BCUT2D eigenvalue weighted by Crippen LogP contribution is -2.34. The standard InChI is InChI=1S/C7H15NO4S/c1-5(2)4-6(3)7(9)8-13(10,11)12/h5-6H,4H2,1-3H3,(H,8,9)(H,10,11,12). The predicted octanol–water partition coefficient (Wildman–Crippen LogP) is 0.588. The Morgan fingerprint density at radius 1 is 1.38 bits per heavy atom. The average molecular weight is 209 g/mol. The van der Waals surface area contributed by atoms with Gasteiger partial charge in [0.15, 0.2) is 0 Å². The minimum atomic E-state index is -4.40. The highest BCUT2D eigenvalue weighted by Gasteiger charge is 2.18. The number of nitrogens with one attached hydrogen (secondary N) is 1. The largest absolute Gasteiger partial charge is 0.359 e. The Bertz CT molecular complexity index is 270. The van der Waals surface area contributed by atoms with E-state index in [1.54, 1.807) is 6.92 Å². The van der Waals surface area contributed by atoms with Gasteiger partial charge in [-0.1, -0.05) is 20.8 Å². The molecule has 0 aliphatic rings. The van der Waals surface area contributed by atoms with Gasteiger partial charge in [-0.25, -0.2) is 4.72 Å². The molecule has 78 valence electrons. The Morgan fingerprint density at radius 3 is 2.15 bits per heavy atom. The van der Waals surface area contributed by atoms with Gasteiger partial charge in [-0.3, -0.25) is 9.35 Å². The lowest BCUT2D eigenvalue weighted by Gasteiger charge is -2.12. The molecule has 0 aromatic heterocycles. The van der Waals surface area contributed by atoms with Crippen LogP contribution in [0.15, 0.2) is 0 Å². The first-order chi connectivity index (χ1) is 5.72. The summed E-state index contributed by atoms with van der Waals surface area (Å²) >= 11 is 0. The van der Waals surface area contributed by atoms with Crippen molar-refractivity contribution in [2.75, 3.05) is 0 Å².